The molecule has 0 aliphatic heterocycles. The summed E-state index contributed by atoms with van der Waals surface area (Å²) in [6.07, 6.45) is 13.2. The Hall–Kier alpha value is -1.22. The predicted octanol–water partition coefficient (Wildman–Crippen LogP) is 2.95. The van der Waals surface area contributed by atoms with Gasteiger partial charge in [-0.1, -0.05) is 5.92 Å². The standard InChI is InChI=1S/C15H16/c1-3-11-14-8-4-6-12(14)10(2)13-7-5-9-15(11)13/h1H,4-9H2,2H3. The average molecular weight is 196 g/mol. The first-order valence-electron chi connectivity index (χ1n) is 5.95. The van der Waals surface area contributed by atoms with Crippen LogP contribution >= 0.6 is 0 Å². The Morgan fingerprint density at radius 2 is 1.33 bits per heavy atom. The topological polar surface area (TPSA) is 0 Å². The number of fused-ring (bicyclic) bond motifs is 2. The van der Waals surface area contributed by atoms with Crippen molar-refractivity contribution in [1.29, 1.82) is 0 Å². The zero-order valence-corrected chi connectivity index (χ0v) is 9.32. The minimum Gasteiger partial charge on any atom is -0.115 e. The van der Waals surface area contributed by atoms with Gasteiger partial charge in [-0.15, -0.1) is 6.42 Å². The van der Waals surface area contributed by atoms with Crippen molar-refractivity contribution in [2.75, 3.05) is 0 Å². The minimum atomic E-state index is 1.21. The Balaban J connectivity index is 2.37. The molecule has 1 aromatic carbocycles. The van der Waals surface area contributed by atoms with Gasteiger partial charge in [0.1, 0.15) is 0 Å². The van der Waals surface area contributed by atoms with Gasteiger partial charge in [0.25, 0.3) is 0 Å². The summed E-state index contributed by atoms with van der Waals surface area (Å²) in [4.78, 5) is 0. The highest BCUT2D eigenvalue weighted by atomic mass is 14.3. The molecule has 0 unspecified atom stereocenters. The van der Waals surface area contributed by atoms with Crippen molar-refractivity contribution in [3.05, 3.63) is 33.4 Å². The van der Waals surface area contributed by atoms with Gasteiger partial charge in [-0.05, 0) is 73.3 Å². The molecule has 2 aliphatic rings. The van der Waals surface area contributed by atoms with Gasteiger partial charge in [0.15, 0.2) is 0 Å². The van der Waals surface area contributed by atoms with E-state index in [1.54, 1.807) is 16.7 Å². The average Bonchev–Trinajstić information content (AvgIpc) is 2.85. The summed E-state index contributed by atoms with van der Waals surface area (Å²) in [5, 5.41) is 0. The van der Waals surface area contributed by atoms with Crippen LogP contribution in [0.15, 0.2) is 0 Å². The lowest BCUT2D eigenvalue weighted by Crippen LogP contribution is -2.01. The Morgan fingerprint density at radius 3 is 1.80 bits per heavy atom. The third-order valence-electron chi connectivity index (χ3n) is 4.09. The Kier molecular flexibility index (Phi) is 1.89. The van der Waals surface area contributed by atoms with Gasteiger partial charge in [0.05, 0.1) is 0 Å². The molecule has 0 radical (unpaired) electrons. The van der Waals surface area contributed by atoms with E-state index in [1.807, 2.05) is 0 Å². The lowest BCUT2D eigenvalue weighted by Gasteiger charge is -2.14. The third kappa shape index (κ3) is 1.10. The molecule has 76 valence electrons. The first-order valence-corrected chi connectivity index (χ1v) is 5.95. The van der Waals surface area contributed by atoms with E-state index in [2.05, 4.69) is 12.8 Å². The molecule has 0 N–H and O–H groups in total. The highest BCUT2D eigenvalue weighted by molar-refractivity contribution is 5.60. The highest BCUT2D eigenvalue weighted by Crippen LogP contribution is 2.37. The summed E-state index contributed by atoms with van der Waals surface area (Å²) in [7, 11) is 0. The second-order valence-corrected chi connectivity index (χ2v) is 4.77. The van der Waals surface area contributed by atoms with E-state index < -0.39 is 0 Å². The van der Waals surface area contributed by atoms with E-state index in [1.165, 1.54) is 55.2 Å². The van der Waals surface area contributed by atoms with Gasteiger partial charge in [-0.2, -0.15) is 0 Å². The number of hydrogen-bond donors (Lipinski definition) is 0. The van der Waals surface area contributed by atoms with E-state index in [-0.39, 0.29) is 0 Å². The molecule has 0 aromatic heterocycles. The minimum absolute atomic E-state index is 1.21. The molecular formula is C15H16. The summed E-state index contributed by atoms with van der Waals surface area (Å²) in [6.45, 7) is 2.30. The zero-order valence-electron chi connectivity index (χ0n) is 9.32. The van der Waals surface area contributed by atoms with Crippen LogP contribution in [-0.4, -0.2) is 0 Å². The lowest BCUT2D eigenvalue weighted by molar-refractivity contribution is 0.891. The maximum atomic E-state index is 5.70. The molecule has 1 aromatic rings. The van der Waals surface area contributed by atoms with E-state index >= 15 is 0 Å². The first kappa shape index (κ1) is 9.04. The van der Waals surface area contributed by atoms with Crippen LogP contribution < -0.4 is 0 Å². The summed E-state index contributed by atoms with van der Waals surface area (Å²) in [5.41, 5.74) is 9.02. The van der Waals surface area contributed by atoms with E-state index in [4.69, 9.17) is 6.42 Å². The van der Waals surface area contributed by atoms with Gasteiger partial charge in [-0.3, -0.25) is 0 Å². The van der Waals surface area contributed by atoms with Gasteiger partial charge in [0, 0.05) is 5.56 Å². The predicted molar refractivity (Wildman–Crippen MR) is 63.2 cm³/mol. The van der Waals surface area contributed by atoms with Crippen LogP contribution in [0, 0.1) is 19.3 Å². The van der Waals surface area contributed by atoms with Crippen molar-refractivity contribution >= 4 is 0 Å². The van der Waals surface area contributed by atoms with Crippen molar-refractivity contribution in [2.45, 2.75) is 45.4 Å². The fraction of sp³-hybridized carbons (Fsp3) is 0.467. The monoisotopic (exact) mass is 196 g/mol. The molecule has 0 fully saturated rings. The second-order valence-electron chi connectivity index (χ2n) is 4.77. The highest BCUT2D eigenvalue weighted by Gasteiger charge is 2.25. The maximum Gasteiger partial charge on any atom is 0.0312 e. The summed E-state index contributed by atoms with van der Waals surface area (Å²) in [6, 6.07) is 0. The molecule has 0 amide bonds. The summed E-state index contributed by atoms with van der Waals surface area (Å²) < 4.78 is 0. The van der Waals surface area contributed by atoms with E-state index in [0.717, 1.165) is 0 Å². The number of rotatable bonds is 0. The Bertz CT molecular complexity index is 437. The van der Waals surface area contributed by atoms with Gasteiger partial charge >= 0.3 is 0 Å². The normalized spacial score (nSPS) is 17.3. The number of terminal acetylenes is 1. The third-order valence-corrected chi connectivity index (χ3v) is 4.09. The van der Waals surface area contributed by atoms with Gasteiger partial charge in [-0.25, -0.2) is 0 Å². The van der Waals surface area contributed by atoms with Crippen LogP contribution in [0.25, 0.3) is 0 Å². The Labute approximate surface area is 91.7 Å². The van der Waals surface area contributed by atoms with Crippen molar-refractivity contribution < 1.29 is 0 Å². The second kappa shape index (κ2) is 3.14. The summed E-state index contributed by atoms with van der Waals surface area (Å²) in [5.74, 6) is 2.95. The van der Waals surface area contributed by atoms with Crippen LogP contribution in [0.5, 0.6) is 0 Å². The zero-order chi connectivity index (χ0) is 10.4. The molecule has 2 aliphatic carbocycles. The van der Waals surface area contributed by atoms with Crippen LogP contribution in [0.4, 0.5) is 0 Å². The van der Waals surface area contributed by atoms with Gasteiger partial charge in [0.2, 0.25) is 0 Å². The van der Waals surface area contributed by atoms with Gasteiger partial charge < -0.3 is 0 Å². The fourth-order valence-corrected chi connectivity index (χ4v) is 3.41. The van der Waals surface area contributed by atoms with Crippen molar-refractivity contribution in [1.82, 2.24) is 0 Å². The van der Waals surface area contributed by atoms with Crippen LogP contribution in [0.1, 0.15) is 46.2 Å². The molecule has 0 saturated carbocycles. The van der Waals surface area contributed by atoms with E-state index in [9.17, 15) is 0 Å². The molecule has 0 spiro atoms. The Morgan fingerprint density at radius 1 is 0.867 bits per heavy atom. The molecule has 0 saturated heterocycles. The number of hydrogen-bond acceptors (Lipinski definition) is 0. The smallest absolute Gasteiger partial charge is 0.0312 e. The SMILES string of the molecule is C#Cc1c2c(c(C)c3c1CCC3)CCC2. The molecule has 0 heteroatoms. The number of benzene rings is 1. The largest absolute Gasteiger partial charge is 0.115 e. The molecule has 0 atom stereocenters. The molecule has 0 nitrogen and oxygen atoms in total. The first-order chi connectivity index (χ1) is 7.33. The van der Waals surface area contributed by atoms with Crippen molar-refractivity contribution in [3.63, 3.8) is 0 Å². The quantitative estimate of drug-likeness (QED) is 0.560. The fourth-order valence-electron chi connectivity index (χ4n) is 3.41. The van der Waals surface area contributed by atoms with Crippen LogP contribution in [0.2, 0.25) is 0 Å². The van der Waals surface area contributed by atoms with Crippen molar-refractivity contribution in [2.24, 2.45) is 0 Å². The lowest BCUT2D eigenvalue weighted by atomic mass is 9.90. The van der Waals surface area contributed by atoms with Crippen LogP contribution in [0.3, 0.4) is 0 Å². The van der Waals surface area contributed by atoms with E-state index in [0.29, 0.717) is 0 Å². The molecule has 15 heavy (non-hydrogen) atoms. The van der Waals surface area contributed by atoms with Crippen molar-refractivity contribution in [3.8, 4) is 12.3 Å². The summed E-state index contributed by atoms with van der Waals surface area (Å²) >= 11 is 0. The maximum absolute atomic E-state index is 5.70. The molecule has 3 rings (SSSR count). The molecule has 0 heterocycles. The molecular weight excluding hydrogens is 180 g/mol. The molecule has 0 bridgehead atoms. The van der Waals surface area contributed by atoms with Crippen LogP contribution in [-0.2, 0) is 25.7 Å².